The Balaban J connectivity index is 1.20. The number of hydrogen-bond acceptors (Lipinski definition) is 4. The summed E-state index contributed by atoms with van der Waals surface area (Å²) in [6, 6.07) is 20.9. The van der Waals surface area contributed by atoms with Gasteiger partial charge in [0.2, 0.25) is 15.9 Å². The predicted molar refractivity (Wildman–Crippen MR) is 140 cm³/mol. The normalized spacial score (nSPS) is 14.9. The molecule has 0 spiro atoms. The van der Waals surface area contributed by atoms with Crippen molar-refractivity contribution in [3.8, 4) is 5.75 Å². The first-order valence-electron chi connectivity index (χ1n) is 11.7. The molecule has 0 unspecified atom stereocenters. The van der Waals surface area contributed by atoms with Crippen LogP contribution in [0.25, 0.3) is 0 Å². The minimum Gasteiger partial charge on any atom is -0.489 e. The van der Waals surface area contributed by atoms with Crippen molar-refractivity contribution in [1.82, 2.24) is 9.62 Å². The van der Waals surface area contributed by atoms with Gasteiger partial charge in [-0.25, -0.2) is 17.1 Å². The maximum atomic E-state index is 13.0. The van der Waals surface area contributed by atoms with Crippen molar-refractivity contribution in [2.45, 2.75) is 31.7 Å². The second-order valence-corrected chi connectivity index (χ2v) is 11.7. The average Bonchev–Trinajstić information content (AvgIpc) is 2.89. The van der Waals surface area contributed by atoms with Crippen molar-refractivity contribution in [3.63, 3.8) is 0 Å². The van der Waals surface area contributed by atoms with E-state index in [4.69, 9.17) is 4.74 Å². The van der Waals surface area contributed by atoms with Gasteiger partial charge in [-0.05, 0) is 65.9 Å². The van der Waals surface area contributed by atoms with Crippen molar-refractivity contribution in [2.24, 2.45) is 5.92 Å². The van der Waals surface area contributed by atoms with Crippen LogP contribution in [0.15, 0.2) is 77.3 Å². The first-order valence-corrected chi connectivity index (χ1v) is 14.1. The second kappa shape index (κ2) is 12.0. The molecule has 4 rings (SSSR count). The van der Waals surface area contributed by atoms with Crippen LogP contribution in [0.4, 0.5) is 4.39 Å². The molecule has 6 nitrogen and oxygen atoms in total. The van der Waals surface area contributed by atoms with Crippen molar-refractivity contribution in [2.75, 3.05) is 13.1 Å². The molecule has 3 aromatic rings. The fourth-order valence-electron chi connectivity index (χ4n) is 4.06. The third kappa shape index (κ3) is 7.38. The van der Waals surface area contributed by atoms with Gasteiger partial charge in [-0.1, -0.05) is 52.3 Å². The Morgan fingerprint density at radius 3 is 2.14 bits per heavy atom. The minimum absolute atomic E-state index is 0.0409. The molecule has 1 aliphatic rings. The highest BCUT2D eigenvalue weighted by molar-refractivity contribution is 9.10. The van der Waals surface area contributed by atoms with Crippen LogP contribution >= 0.6 is 15.9 Å². The Hall–Kier alpha value is -2.75. The fraction of sp³-hybridized carbons (Fsp3) is 0.296. The number of halogens is 2. The number of hydrogen-bond donors (Lipinski definition) is 1. The van der Waals surface area contributed by atoms with Crippen LogP contribution in [-0.4, -0.2) is 31.7 Å². The van der Waals surface area contributed by atoms with Gasteiger partial charge in [0.1, 0.15) is 18.2 Å². The lowest BCUT2D eigenvalue weighted by molar-refractivity contribution is -0.126. The zero-order valence-electron chi connectivity index (χ0n) is 19.7. The molecule has 0 radical (unpaired) electrons. The molecule has 1 N–H and O–H groups in total. The van der Waals surface area contributed by atoms with Crippen LogP contribution in [-0.2, 0) is 33.7 Å². The fourth-order valence-corrected chi connectivity index (χ4v) is 5.89. The summed E-state index contributed by atoms with van der Waals surface area (Å²) in [5, 5.41) is 2.96. The third-order valence-corrected chi connectivity index (χ3v) is 8.57. The van der Waals surface area contributed by atoms with Gasteiger partial charge in [0.15, 0.2) is 0 Å². The number of ether oxygens (including phenoxy) is 1. The topological polar surface area (TPSA) is 75.7 Å². The van der Waals surface area contributed by atoms with Gasteiger partial charge in [0.25, 0.3) is 0 Å². The second-order valence-electron chi connectivity index (χ2n) is 8.83. The summed E-state index contributed by atoms with van der Waals surface area (Å²) >= 11 is 3.36. The molecule has 3 aromatic carbocycles. The Morgan fingerprint density at radius 1 is 0.917 bits per heavy atom. The quantitative estimate of drug-likeness (QED) is 0.389. The number of carbonyl (C=O) groups excluding carboxylic acids is 1. The monoisotopic (exact) mass is 574 g/mol. The van der Waals surface area contributed by atoms with E-state index < -0.39 is 10.0 Å². The highest BCUT2D eigenvalue weighted by atomic mass is 79.9. The van der Waals surface area contributed by atoms with E-state index in [-0.39, 0.29) is 23.4 Å². The van der Waals surface area contributed by atoms with E-state index in [9.17, 15) is 17.6 Å². The van der Waals surface area contributed by atoms with Crippen LogP contribution in [0.1, 0.15) is 29.5 Å². The number of rotatable bonds is 9. The number of amides is 1. The number of nitrogens with one attached hydrogen (secondary N) is 1. The lowest BCUT2D eigenvalue weighted by Gasteiger charge is -2.30. The van der Waals surface area contributed by atoms with Crippen molar-refractivity contribution in [3.05, 3.63) is 99.8 Å². The van der Waals surface area contributed by atoms with Gasteiger partial charge >= 0.3 is 0 Å². The van der Waals surface area contributed by atoms with Gasteiger partial charge in [0.05, 0.1) is 5.75 Å². The van der Waals surface area contributed by atoms with E-state index in [2.05, 4.69) is 21.2 Å². The molecule has 36 heavy (non-hydrogen) atoms. The van der Waals surface area contributed by atoms with Gasteiger partial charge in [-0.15, -0.1) is 0 Å². The Morgan fingerprint density at radius 2 is 1.50 bits per heavy atom. The summed E-state index contributed by atoms with van der Waals surface area (Å²) < 4.78 is 46.7. The molecule has 1 fully saturated rings. The largest absolute Gasteiger partial charge is 0.489 e. The maximum Gasteiger partial charge on any atom is 0.223 e. The minimum atomic E-state index is -3.42. The summed E-state index contributed by atoms with van der Waals surface area (Å²) in [6.45, 7) is 1.42. The van der Waals surface area contributed by atoms with Crippen LogP contribution in [0.5, 0.6) is 5.75 Å². The van der Waals surface area contributed by atoms with Gasteiger partial charge < -0.3 is 10.1 Å². The number of carbonyl (C=O) groups is 1. The van der Waals surface area contributed by atoms with Crippen LogP contribution in [0, 0.1) is 11.7 Å². The Bertz CT molecular complexity index is 1260. The lowest BCUT2D eigenvalue weighted by Crippen LogP contribution is -2.43. The zero-order valence-corrected chi connectivity index (χ0v) is 22.1. The molecule has 1 amide bonds. The molecule has 1 aliphatic heterocycles. The predicted octanol–water partition coefficient (Wildman–Crippen LogP) is 5.03. The van der Waals surface area contributed by atoms with E-state index >= 15 is 0 Å². The standard InChI is InChI=1S/C27H28BrFN2O4S/c28-24-7-1-22(2-8-24)19-36(33,34)31-15-13-23(14-16-31)27(32)30-17-20-5-11-26(12-6-20)35-18-21-3-9-25(29)10-4-21/h1-12,23H,13-19H2,(H,30,32). The van der Waals surface area contributed by atoms with E-state index in [1.807, 2.05) is 36.4 Å². The highest BCUT2D eigenvalue weighted by Crippen LogP contribution is 2.23. The molecule has 9 heteroatoms. The van der Waals surface area contributed by atoms with Gasteiger partial charge in [-0.3, -0.25) is 4.79 Å². The highest BCUT2D eigenvalue weighted by Gasteiger charge is 2.31. The summed E-state index contributed by atoms with van der Waals surface area (Å²) in [5.41, 5.74) is 2.55. The molecule has 0 aliphatic carbocycles. The van der Waals surface area contributed by atoms with Crippen LogP contribution in [0.3, 0.4) is 0 Å². The summed E-state index contributed by atoms with van der Waals surface area (Å²) in [6.07, 6.45) is 1.00. The van der Waals surface area contributed by atoms with E-state index in [1.165, 1.54) is 16.4 Å². The molecular formula is C27H28BrFN2O4S. The maximum absolute atomic E-state index is 13.0. The molecule has 0 saturated carbocycles. The summed E-state index contributed by atoms with van der Waals surface area (Å²) in [5.74, 6) is 0.100. The average molecular weight is 576 g/mol. The number of piperidine rings is 1. The third-order valence-electron chi connectivity index (χ3n) is 6.19. The number of sulfonamides is 1. The lowest BCUT2D eigenvalue weighted by atomic mass is 9.97. The van der Waals surface area contributed by atoms with E-state index in [1.54, 1.807) is 24.3 Å². The smallest absolute Gasteiger partial charge is 0.223 e. The summed E-state index contributed by atoms with van der Waals surface area (Å²) in [4.78, 5) is 12.7. The zero-order chi connectivity index (χ0) is 25.5. The number of nitrogens with zero attached hydrogens (tertiary/aromatic N) is 1. The molecular weight excluding hydrogens is 547 g/mol. The SMILES string of the molecule is O=C(NCc1ccc(OCc2ccc(F)cc2)cc1)C1CCN(S(=O)(=O)Cc2ccc(Br)cc2)CC1. The molecule has 0 atom stereocenters. The van der Waals surface area contributed by atoms with E-state index in [0.717, 1.165) is 21.2 Å². The van der Waals surface area contributed by atoms with Crippen LogP contribution < -0.4 is 10.1 Å². The van der Waals surface area contributed by atoms with Crippen molar-refractivity contribution < 1.29 is 22.3 Å². The molecule has 0 bridgehead atoms. The molecule has 0 aromatic heterocycles. The number of benzene rings is 3. The first-order chi connectivity index (χ1) is 17.3. The van der Waals surface area contributed by atoms with Crippen LogP contribution in [0.2, 0.25) is 0 Å². The Kier molecular flexibility index (Phi) is 8.77. The Labute approximate surface area is 219 Å². The van der Waals surface area contributed by atoms with Crippen molar-refractivity contribution >= 4 is 31.9 Å². The summed E-state index contributed by atoms with van der Waals surface area (Å²) in [7, 11) is -3.42. The first kappa shape index (κ1) is 26.3. The van der Waals surface area contributed by atoms with Crippen molar-refractivity contribution in [1.29, 1.82) is 0 Å². The molecule has 1 heterocycles. The molecule has 190 valence electrons. The van der Waals surface area contributed by atoms with Gasteiger partial charge in [-0.2, -0.15) is 0 Å². The van der Waals surface area contributed by atoms with E-state index in [0.29, 0.717) is 44.8 Å². The van der Waals surface area contributed by atoms with Gasteiger partial charge in [0, 0.05) is 30.0 Å². The molecule has 1 saturated heterocycles.